The molecule has 17 heavy (non-hydrogen) atoms. The van der Waals surface area contributed by atoms with Crippen molar-refractivity contribution < 1.29 is 9.13 Å². The van der Waals surface area contributed by atoms with Crippen molar-refractivity contribution >= 4 is 0 Å². The molecule has 0 spiro atoms. The molecule has 2 rings (SSSR count). The molecule has 2 heterocycles. The SMILES string of the molecule is CCC1(C)COC(c2ccc(F)cn2)C(C)N1. The van der Waals surface area contributed by atoms with E-state index in [1.807, 2.05) is 0 Å². The number of nitrogens with one attached hydrogen (secondary N) is 1. The lowest BCUT2D eigenvalue weighted by molar-refractivity contribution is -0.0581. The van der Waals surface area contributed by atoms with Gasteiger partial charge in [0, 0.05) is 11.6 Å². The second-order valence-electron chi connectivity index (χ2n) is 4.98. The van der Waals surface area contributed by atoms with Crippen molar-refractivity contribution in [3.05, 3.63) is 29.8 Å². The summed E-state index contributed by atoms with van der Waals surface area (Å²) in [5.74, 6) is -0.316. The Labute approximate surface area is 101 Å². The molecular formula is C13H19FN2O. The summed E-state index contributed by atoms with van der Waals surface area (Å²) in [7, 11) is 0. The smallest absolute Gasteiger partial charge is 0.141 e. The average molecular weight is 238 g/mol. The van der Waals surface area contributed by atoms with E-state index in [0.29, 0.717) is 6.61 Å². The maximum Gasteiger partial charge on any atom is 0.141 e. The Bertz CT molecular complexity index is 382. The van der Waals surface area contributed by atoms with Crippen LogP contribution in [0.4, 0.5) is 4.39 Å². The van der Waals surface area contributed by atoms with Gasteiger partial charge in [-0.2, -0.15) is 0 Å². The minimum absolute atomic E-state index is 0.0238. The van der Waals surface area contributed by atoms with Gasteiger partial charge in [0.2, 0.25) is 0 Å². The summed E-state index contributed by atoms with van der Waals surface area (Å²) < 4.78 is 18.7. The Kier molecular flexibility index (Phi) is 3.45. The maximum absolute atomic E-state index is 12.8. The molecule has 3 nitrogen and oxygen atoms in total. The highest BCUT2D eigenvalue weighted by Gasteiger charge is 2.35. The summed E-state index contributed by atoms with van der Waals surface area (Å²) in [4.78, 5) is 4.09. The lowest BCUT2D eigenvalue weighted by atomic mass is 9.94. The summed E-state index contributed by atoms with van der Waals surface area (Å²) in [5.41, 5.74) is 0.806. The summed E-state index contributed by atoms with van der Waals surface area (Å²) in [5, 5.41) is 3.55. The summed E-state index contributed by atoms with van der Waals surface area (Å²) in [6.45, 7) is 7.01. The first-order chi connectivity index (χ1) is 8.04. The zero-order valence-corrected chi connectivity index (χ0v) is 10.5. The van der Waals surface area contributed by atoms with E-state index < -0.39 is 0 Å². The minimum Gasteiger partial charge on any atom is -0.368 e. The van der Waals surface area contributed by atoms with Crippen LogP contribution in [0.5, 0.6) is 0 Å². The van der Waals surface area contributed by atoms with E-state index in [4.69, 9.17) is 4.74 Å². The van der Waals surface area contributed by atoms with Crippen molar-refractivity contribution in [2.75, 3.05) is 6.61 Å². The molecule has 1 aromatic heterocycles. The quantitative estimate of drug-likeness (QED) is 0.859. The fourth-order valence-corrected chi connectivity index (χ4v) is 2.19. The summed E-state index contributed by atoms with van der Waals surface area (Å²) in [6, 6.07) is 3.28. The van der Waals surface area contributed by atoms with Crippen LogP contribution in [0.3, 0.4) is 0 Å². The van der Waals surface area contributed by atoms with Gasteiger partial charge in [-0.05, 0) is 32.4 Å². The number of nitrogens with zero attached hydrogens (tertiary/aromatic N) is 1. The number of aromatic nitrogens is 1. The molecule has 1 aromatic rings. The first-order valence-corrected chi connectivity index (χ1v) is 6.05. The van der Waals surface area contributed by atoms with Gasteiger partial charge < -0.3 is 10.1 Å². The largest absolute Gasteiger partial charge is 0.368 e. The molecule has 94 valence electrons. The van der Waals surface area contributed by atoms with Crippen LogP contribution in [0.2, 0.25) is 0 Å². The molecule has 1 N–H and O–H groups in total. The van der Waals surface area contributed by atoms with Crippen LogP contribution in [0.1, 0.15) is 39.0 Å². The number of rotatable bonds is 2. The third kappa shape index (κ3) is 2.64. The second kappa shape index (κ2) is 4.70. The number of hydrogen-bond acceptors (Lipinski definition) is 3. The Morgan fingerprint density at radius 3 is 2.88 bits per heavy atom. The van der Waals surface area contributed by atoms with E-state index in [1.165, 1.54) is 12.3 Å². The first-order valence-electron chi connectivity index (χ1n) is 6.05. The standard InChI is InChI=1S/C13H19FN2O/c1-4-13(3)8-17-12(9(2)16-13)11-6-5-10(14)7-15-11/h5-7,9,12,16H,4,8H2,1-3H3. The predicted molar refractivity (Wildman–Crippen MR) is 64.2 cm³/mol. The molecule has 0 saturated carbocycles. The van der Waals surface area contributed by atoms with Crippen LogP contribution in [0.25, 0.3) is 0 Å². The van der Waals surface area contributed by atoms with Crippen molar-refractivity contribution in [2.45, 2.75) is 44.9 Å². The van der Waals surface area contributed by atoms with Crippen LogP contribution < -0.4 is 5.32 Å². The number of morpholine rings is 1. The van der Waals surface area contributed by atoms with Crippen molar-refractivity contribution in [1.29, 1.82) is 0 Å². The van der Waals surface area contributed by atoms with Gasteiger partial charge in [0.25, 0.3) is 0 Å². The maximum atomic E-state index is 12.8. The van der Waals surface area contributed by atoms with Crippen molar-refractivity contribution in [2.24, 2.45) is 0 Å². The molecule has 3 atom stereocenters. The fourth-order valence-electron chi connectivity index (χ4n) is 2.19. The predicted octanol–water partition coefficient (Wildman–Crippen LogP) is 2.44. The van der Waals surface area contributed by atoms with E-state index in [9.17, 15) is 4.39 Å². The van der Waals surface area contributed by atoms with Crippen molar-refractivity contribution in [1.82, 2.24) is 10.3 Å². The zero-order valence-electron chi connectivity index (χ0n) is 10.5. The van der Waals surface area contributed by atoms with Gasteiger partial charge in [0.05, 0.1) is 18.5 Å². The number of halogens is 1. The van der Waals surface area contributed by atoms with Crippen molar-refractivity contribution in [3.8, 4) is 0 Å². The van der Waals surface area contributed by atoms with Crippen LogP contribution in [0.15, 0.2) is 18.3 Å². The molecule has 1 aliphatic heterocycles. The van der Waals surface area contributed by atoms with Gasteiger partial charge in [-0.3, -0.25) is 4.98 Å². The van der Waals surface area contributed by atoms with Gasteiger partial charge in [0.15, 0.2) is 0 Å². The lowest BCUT2D eigenvalue weighted by Gasteiger charge is -2.42. The Hall–Kier alpha value is -1.00. The van der Waals surface area contributed by atoms with Crippen LogP contribution in [-0.4, -0.2) is 23.2 Å². The normalized spacial score (nSPS) is 33.6. The monoisotopic (exact) mass is 238 g/mol. The van der Waals surface area contributed by atoms with Crippen LogP contribution in [-0.2, 0) is 4.74 Å². The Morgan fingerprint density at radius 2 is 2.35 bits per heavy atom. The number of ether oxygens (including phenoxy) is 1. The molecule has 3 unspecified atom stereocenters. The topological polar surface area (TPSA) is 34.1 Å². The third-order valence-electron chi connectivity index (χ3n) is 3.43. The molecule has 0 aliphatic carbocycles. The summed E-state index contributed by atoms with van der Waals surface area (Å²) in [6.07, 6.45) is 2.15. The fraction of sp³-hybridized carbons (Fsp3) is 0.615. The second-order valence-corrected chi connectivity index (χ2v) is 4.98. The molecular weight excluding hydrogens is 219 g/mol. The van der Waals surface area contributed by atoms with E-state index >= 15 is 0 Å². The third-order valence-corrected chi connectivity index (χ3v) is 3.43. The molecule has 0 amide bonds. The summed E-state index contributed by atoms with van der Waals surface area (Å²) >= 11 is 0. The highest BCUT2D eigenvalue weighted by Crippen LogP contribution is 2.28. The molecule has 0 radical (unpaired) electrons. The highest BCUT2D eigenvalue weighted by atomic mass is 19.1. The molecule has 0 aromatic carbocycles. The van der Waals surface area contributed by atoms with E-state index in [2.05, 4.69) is 31.1 Å². The van der Waals surface area contributed by atoms with Gasteiger partial charge in [-0.1, -0.05) is 6.92 Å². The average Bonchev–Trinajstić information content (AvgIpc) is 2.31. The number of hydrogen-bond donors (Lipinski definition) is 1. The number of pyridine rings is 1. The molecule has 4 heteroatoms. The van der Waals surface area contributed by atoms with E-state index in [0.717, 1.165) is 12.1 Å². The Morgan fingerprint density at radius 1 is 1.59 bits per heavy atom. The van der Waals surface area contributed by atoms with Gasteiger partial charge in [-0.25, -0.2) is 4.39 Å². The van der Waals surface area contributed by atoms with Gasteiger partial charge in [0.1, 0.15) is 11.9 Å². The Balaban J connectivity index is 2.12. The van der Waals surface area contributed by atoms with E-state index in [-0.39, 0.29) is 23.5 Å². The minimum atomic E-state index is -0.316. The van der Waals surface area contributed by atoms with Gasteiger partial charge in [-0.15, -0.1) is 0 Å². The lowest BCUT2D eigenvalue weighted by Crippen LogP contribution is -2.57. The molecule has 1 aliphatic rings. The van der Waals surface area contributed by atoms with Gasteiger partial charge >= 0.3 is 0 Å². The molecule has 1 saturated heterocycles. The van der Waals surface area contributed by atoms with E-state index in [1.54, 1.807) is 6.07 Å². The zero-order chi connectivity index (χ0) is 12.5. The highest BCUT2D eigenvalue weighted by molar-refractivity contribution is 5.12. The van der Waals surface area contributed by atoms with Crippen molar-refractivity contribution in [3.63, 3.8) is 0 Å². The van der Waals surface area contributed by atoms with Crippen LogP contribution >= 0.6 is 0 Å². The first kappa shape index (κ1) is 12.5. The molecule has 0 bridgehead atoms. The van der Waals surface area contributed by atoms with Crippen LogP contribution in [0, 0.1) is 5.82 Å². The molecule has 1 fully saturated rings.